The van der Waals surface area contributed by atoms with Crippen LogP contribution in [0, 0.1) is 0 Å². The first-order valence-electron chi connectivity index (χ1n) is 9.31. The SMILES string of the molecule is CN=C(NCC1CN(C)CCN1C)N1CCN(c2ccccc2)CC1.I. The molecule has 1 aromatic rings. The van der Waals surface area contributed by atoms with Crippen LogP contribution in [0.15, 0.2) is 35.3 Å². The molecule has 1 atom stereocenters. The number of nitrogens with zero attached hydrogens (tertiary/aromatic N) is 5. The van der Waals surface area contributed by atoms with E-state index in [2.05, 4.69) is 74.3 Å². The molecule has 2 aliphatic heterocycles. The molecule has 2 heterocycles. The molecule has 1 N–H and O–H groups in total. The fourth-order valence-electron chi connectivity index (χ4n) is 3.68. The average molecular weight is 472 g/mol. The van der Waals surface area contributed by atoms with Gasteiger partial charge in [-0.1, -0.05) is 18.2 Å². The second-order valence-corrected chi connectivity index (χ2v) is 7.13. The van der Waals surface area contributed by atoms with Gasteiger partial charge in [0.2, 0.25) is 0 Å². The van der Waals surface area contributed by atoms with Crippen LogP contribution >= 0.6 is 24.0 Å². The second-order valence-electron chi connectivity index (χ2n) is 7.13. The van der Waals surface area contributed by atoms with Gasteiger partial charge in [0.15, 0.2) is 5.96 Å². The number of para-hydroxylation sites is 1. The maximum absolute atomic E-state index is 4.52. The first-order valence-corrected chi connectivity index (χ1v) is 9.31. The summed E-state index contributed by atoms with van der Waals surface area (Å²) in [7, 11) is 6.32. The summed E-state index contributed by atoms with van der Waals surface area (Å²) in [5.74, 6) is 1.04. The molecule has 3 rings (SSSR count). The van der Waals surface area contributed by atoms with Crippen LogP contribution in [0.2, 0.25) is 0 Å². The number of aliphatic imine (C=N–C) groups is 1. The monoisotopic (exact) mass is 472 g/mol. The van der Waals surface area contributed by atoms with Gasteiger partial charge >= 0.3 is 0 Å². The molecule has 2 saturated heterocycles. The number of halogens is 1. The van der Waals surface area contributed by atoms with Crippen molar-refractivity contribution in [1.82, 2.24) is 20.0 Å². The van der Waals surface area contributed by atoms with Gasteiger partial charge in [-0.2, -0.15) is 0 Å². The quantitative estimate of drug-likeness (QED) is 0.407. The third-order valence-electron chi connectivity index (χ3n) is 5.39. The van der Waals surface area contributed by atoms with E-state index in [1.165, 1.54) is 5.69 Å². The van der Waals surface area contributed by atoms with Gasteiger partial charge < -0.3 is 20.0 Å². The lowest BCUT2D eigenvalue weighted by Gasteiger charge is -2.40. The zero-order chi connectivity index (χ0) is 17.6. The van der Waals surface area contributed by atoms with Crippen molar-refractivity contribution in [3.05, 3.63) is 30.3 Å². The Morgan fingerprint density at radius 2 is 1.73 bits per heavy atom. The van der Waals surface area contributed by atoms with Crippen molar-refractivity contribution in [2.75, 3.05) is 78.4 Å². The summed E-state index contributed by atoms with van der Waals surface area (Å²) >= 11 is 0. The Bertz CT molecular complexity index is 558. The van der Waals surface area contributed by atoms with E-state index in [1.54, 1.807) is 0 Å². The van der Waals surface area contributed by atoms with Crippen LogP contribution in [0.4, 0.5) is 5.69 Å². The molecule has 1 aromatic carbocycles. The van der Waals surface area contributed by atoms with E-state index in [-0.39, 0.29) is 24.0 Å². The van der Waals surface area contributed by atoms with Crippen LogP contribution < -0.4 is 10.2 Å². The predicted molar refractivity (Wildman–Crippen MR) is 121 cm³/mol. The summed E-state index contributed by atoms with van der Waals surface area (Å²) in [5.41, 5.74) is 1.32. The lowest BCUT2D eigenvalue weighted by Crippen LogP contribution is -2.57. The molecule has 2 fully saturated rings. The summed E-state index contributed by atoms with van der Waals surface area (Å²) < 4.78 is 0. The van der Waals surface area contributed by atoms with Crippen molar-refractivity contribution in [2.24, 2.45) is 4.99 Å². The maximum atomic E-state index is 4.52. The Morgan fingerprint density at radius 1 is 1.04 bits per heavy atom. The number of anilines is 1. The largest absolute Gasteiger partial charge is 0.368 e. The minimum Gasteiger partial charge on any atom is -0.368 e. The Morgan fingerprint density at radius 3 is 2.38 bits per heavy atom. The van der Waals surface area contributed by atoms with E-state index in [0.717, 1.165) is 58.3 Å². The Hall–Kier alpha value is -1.06. The molecule has 0 bridgehead atoms. The normalized spacial score (nSPS) is 22.9. The third kappa shape index (κ3) is 5.47. The summed E-state index contributed by atoms with van der Waals surface area (Å²) in [6.07, 6.45) is 0. The highest BCUT2D eigenvalue weighted by Crippen LogP contribution is 2.15. The van der Waals surface area contributed by atoms with Crippen molar-refractivity contribution >= 4 is 35.6 Å². The lowest BCUT2D eigenvalue weighted by molar-refractivity contribution is 0.116. The molecule has 2 aliphatic rings. The summed E-state index contributed by atoms with van der Waals surface area (Å²) in [6, 6.07) is 11.2. The number of guanidine groups is 1. The number of hydrogen-bond acceptors (Lipinski definition) is 4. The van der Waals surface area contributed by atoms with E-state index in [4.69, 9.17) is 0 Å². The zero-order valence-electron chi connectivity index (χ0n) is 16.3. The molecular weight excluding hydrogens is 439 g/mol. The molecule has 1 unspecified atom stereocenters. The zero-order valence-corrected chi connectivity index (χ0v) is 18.6. The van der Waals surface area contributed by atoms with Crippen molar-refractivity contribution in [3.63, 3.8) is 0 Å². The number of hydrogen-bond donors (Lipinski definition) is 1. The lowest BCUT2D eigenvalue weighted by atomic mass is 10.2. The maximum Gasteiger partial charge on any atom is 0.193 e. The second kappa shape index (κ2) is 10.3. The average Bonchev–Trinajstić information content (AvgIpc) is 2.66. The predicted octanol–water partition coefficient (Wildman–Crippen LogP) is 1.25. The van der Waals surface area contributed by atoms with Gasteiger partial charge in [0, 0.05) is 71.1 Å². The van der Waals surface area contributed by atoms with Gasteiger partial charge in [-0.05, 0) is 26.2 Å². The van der Waals surface area contributed by atoms with Crippen LogP contribution in [-0.2, 0) is 0 Å². The van der Waals surface area contributed by atoms with Gasteiger partial charge in [0.1, 0.15) is 0 Å². The number of nitrogens with one attached hydrogen (secondary N) is 1. The number of piperazine rings is 2. The summed E-state index contributed by atoms with van der Waals surface area (Å²) in [6.45, 7) is 8.45. The summed E-state index contributed by atoms with van der Waals surface area (Å²) in [5, 5.41) is 3.60. The van der Waals surface area contributed by atoms with Gasteiger partial charge in [-0.15, -0.1) is 24.0 Å². The standard InChI is InChI=1S/C19H32N6.HI/c1-20-19(21-15-18-16-22(2)9-10-23(18)3)25-13-11-24(12-14-25)17-7-5-4-6-8-17;/h4-8,18H,9-16H2,1-3H3,(H,20,21);1H. The Kier molecular flexibility index (Phi) is 8.43. The Labute approximate surface area is 175 Å². The fraction of sp³-hybridized carbons (Fsp3) is 0.632. The molecule has 146 valence electrons. The minimum absolute atomic E-state index is 0. The molecule has 0 amide bonds. The first kappa shape index (κ1) is 21.2. The van der Waals surface area contributed by atoms with Gasteiger partial charge in [-0.25, -0.2) is 0 Å². The molecule has 0 spiro atoms. The van der Waals surface area contributed by atoms with E-state index in [9.17, 15) is 0 Å². The molecule has 0 aromatic heterocycles. The smallest absolute Gasteiger partial charge is 0.193 e. The van der Waals surface area contributed by atoms with Gasteiger partial charge in [0.25, 0.3) is 0 Å². The highest BCUT2D eigenvalue weighted by atomic mass is 127. The number of likely N-dealkylation sites (N-methyl/N-ethyl adjacent to an activating group) is 2. The molecule has 6 nitrogen and oxygen atoms in total. The Balaban J connectivity index is 0.00000243. The highest BCUT2D eigenvalue weighted by Gasteiger charge is 2.24. The molecule has 0 aliphatic carbocycles. The van der Waals surface area contributed by atoms with Gasteiger partial charge in [-0.3, -0.25) is 9.89 Å². The van der Waals surface area contributed by atoms with Crippen molar-refractivity contribution < 1.29 is 0 Å². The first-order chi connectivity index (χ1) is 12.2. The van der Waals surface area contributed by atoms with E-state index in [0.29, 0.717) is 6.04 Å². The van der Waals surface area contributed by atoms with Crippen LogP contribution in [-0.4, -0.2) is 100 Å². The summed E-state index contributed by atoms with van der Waals surface area (Å²) in [4.78, 5) is 14.2. The highest BCUT2D eigenvalue weighted by molar-refractivity contribution is 14.0. The molecule has 0 radical (unpaired) electrons. The van der Waals surface area contributed by atoms with E-state index < -0.39 is 0 Å². The minimum atomic E-state index is 0. The van der Waals surface area contributed by atoms with Crippen LogP contribution in [0.25, 0.3) is 0 Å². The van der Waals surface area contributed by atoms with Crippen LogP contribution in [0.3, 0.4) is 0 Å². The molecule has 7 heteroatoms. The van der Waals surface area contributed by atoms with Crippen LogP contribution in [0.5, 0.6) is 0 Å². The topological polar surface area (TPSA) is 37.4 Å². The van der Waals surface area contributed by atoms with Crippen molar-refractivity contribution in [3.8, 4) is 0 Å². The van der Waals surface area contributed by atoms with E-state index >= 15 is 0 Å². The fourth-order valence-corrected chi connectivity index (χ4v) is 3.68. The molecule has 0 saturated carbocycles. The molecule has 26 heavy (non-hydrogen) atoms. The van der Waals surface area contributed by atoms with E-state index in [1.807, 2.05) is 7.05 Å². The van der Waals surface area contributed by atoms with Crippen molar-refractivity contribution in [1.29, 1.82) is 0 Å². The van der Waals surface area contributed by atoms with Gasteiger partial charge in [0.05, 0.1) is 0 Å². The number of rotatable bonds is 3. The molecular formula is C19H33IN6. The third-order valence-corrected chi connectivity index (χ3v) is 5.39. The van der Waals surface area contributed by atoms with Crippen LogP contribution in [0.1, 0.15) is 0 Å². The number of benzene rings is 1. The van der Waals surface area contributed by atoms with Crippen molar-refractivity contribution in [2.45, 2.75) is 6.04 Å².